The maximum atomic E-state index is 11.8. The van der Waals surface area contributed by atoms with Gasteiger partial charge in [0.2, 0.25) is 0 Å². The van der Waals surface area contributed by atoms with E-state index in [1.807, 2.05) is 19.1 Å². The molecule has 0 bridgehead atoms. The lowest BCUT2D eigenvalue weighted by Gasteiger charge is -2.10. The number of benzene rings is 2. The zero-order chi connectivity index (χ0) is 14.7. The Bertz CT molecular complexity index is 639. The number of amides is 2. The first-order chi connectivity index (χ1) is 9.44. The van der Waals surface area contributed by atoms with Crippen molar-refractivity contribution in [2.45, 2.75) is 6.92 Å². The Labute approximate surface area is 124 Å². The third kappa shape index (κ3) is 3.64. The summed E-state index contributed by atoms with van der Waals surface area (Å²) in [5.74, 6) is -0.250. The van der Waals surface area contributed by atoms with Crippen LogP contribution in [-0.2, 0) is 0 Å². The summed E-state index contributed by atoms with van der Waals surface area (Å²) in [4.78, 5) is 11.8. The fourth-order valence-electron chi connectivity index (χ4n) is 1.72. The highest BCUT2D eigenvalue weighted by molar-refractivity contribution is 9.10. The summed E-state index contributed by atoms with van der Waals surface area (Å²) in [5, 5.41) is 23.9. The van der Waals surface area contributed by atoms with Gasteiger partial charge in [0, 0.05) is 34.0 Å². The third-order valence-electron chi connectivity index (χ3n) is 2.60. The second-order valence-corrected chi connectivity index (χ2v) is 5.19. The molecule has 0 saturated heterocycles. The van der Waals surface area contributed by atoms with Crippen molar-refractivity contribution in [2.75, 3.05) is 10.6 Å². The second-order valence-electron chi connectivity index (χ2n) is 4.28. The van der Waals surface area contributed by atoms with Gasteiger partial charge in [-0.3, -0.25) is 0 Å². The third-order valence-corrected chi connectivity index (χ3v) is 3.09. The van der Waals surface area contributed by atoms with Gasteiger partial charge in [-0.1, -0.05) is 15.9 Å². The first-order valence-corrected chi connectivity index (χ1v) is 6.60. The topological polar surface area (TPSA) is 81.6 Å². The van der Waals surface area contributed by atoms with E-state index in [2.05, 4.69) is 26.6 Å². The van der Waals surface area contributed by atoms with Crippen LogP contribution in [0, 0.1) is 6.92 Å². The Balaban J connectivity index is 2.09. The second kappa shape index (κ2) is 5.83. The van der Waals surface area contributed by atoms with E-state index >= 15 is 0 Å². The molecule has 5 nitrogen and oxygen atoms in total. The molecule has 4 N–H and O–H groups in total. The number of hydrogen-bond donors (Lipinski definition) is 4. The lowest BCUT2D eigenvalue weighted by Crippen LogP contribution is -2.19. The van der Waals surface area contributed by atoms with E-state index in [1.54, 1.807) is 6.07 Å². The van der Waals surface area contributed by atoms with Crippen LogP contribution in [0.25, 0.3) is 0 Å². The van der Waals surface area contributed by atoms with Gasteiger partial charge in [-0.2, -0.15) is 0 Å². The van der Waals surface area contributed by atoms with Gasteiger partial charge >= 0.3 is 6.03 Å². The number of aromatic hydroxyl groups is 2. The van der Waals surface area contributed by atoms with Gasteiger partial charge in [-0.25, -0.2) is 4.79 Å². The first-order valence-electron chi connectivity index (χ1n) is 5.81. The summed E-state index contributed by atoms with van der Waals surface area (Å²) >= 11 is 3.35. The summed E-state index contributed by atoms with van der Waals surface area (Å²) < 4.78 is 0.930. The fourth-order valence-corrected chi connectivity index (χ4v) is 2.19. The van der Waals surface area contributed by atoms with Gasteiger partial charge in [0.15, 0.2) is 0 Å². The van der Waals surface area contributed by atoms with Crippen LogP contribution in [0.15, 0.2) is 40.9 Å². The van der Waals surface area contributed by atoms with Gasteiger partial charge in [-0.05, 0) is 30.7 Å². The average Bonchev–Trinajstić information content (AvgIpc) is 2.31. The summed E-state index contributed by atoms with van der Waals surface area (Å²) in [7, 11) is 0. The van der Waals surface area contributed by atoms with E-state index in [4.69, 9.17) is 0 Å². The molecule has 0 aliphatic carbocycles. The summed E-state index contributed by atoms with van der Waals surface area (Å²) in [5.41, 5.74) is 1.89. The van der Waals surface area contributed by atoms with Crippen molar-refractivity contribution in [1.29, 1.82) is 0 Å². The van der Waals surface area contributed by atoms with Gasteiger partial charge < -0.3 is 20.8 Å². The fraction of sp³-hybridized carbons (Fsp3) is 0.0714. The van der Waals surface area contributed by atoms with Gasteiger partial charge in [0.05, 0.1) is 0 Å². The number of urea groups is 1. The SMILES string of the molecule is Cc1cc(Br)ccc1NC(=O)Nc1cc(O)cc(O)c1. The lowest BCUT2D eigenvalue weighted by atomic mass is 10.2. The minimum atomic E-state index is -0.458. The largest absolute Gasteiger partial charge is 0.508 e. The number of carbonyl (C=O) groups is 1. The zero-order valence-electron chi connectivity index (χ0n) is 10.6. The van der Waals surface area contributed by atoms with Crippen LogP contribution in [-0.4, -0.2) is 16.2 Å². The molecule has 0 atom stereocenters. The Kier molecular flexibility index (Phi) is 4.14. The molecular formula is C14H13BrN2O3. The van der Waals surface area contributed by atoms with Crippen molar-refractivity contribution in [2.24, 2.45) is 0 Å². The molecular weight excluding hydrogens is 324 g/mol. The number of halogens is 1. The van der Waals surface area contributed by atoms with Crippen molar-refractivity contribution in [3.63, 3.8) is 0 Å². The molecule has 0 saturated carbocycles. The van der Waals surface area contributed by atoms with Gasteiger partial charge in [-0.15, -0.1) is 0 Å². The Morgan fingerprint density at radius 2 is 1.70 bits per heavy atom. The van der Waals surface area contributed by atoms with E-state index in [-0.39, 0.29) is 11.5 Å². The Morgan fingerprint density at radius 3 is 2.30 bits per heavy atom. The van der Waals surface area contributed by atoms with Crippen molar-refractivity contribution in [3.05, 3.63) is 46.4 Å². The number of hydrogen-bond acceptors (Lipinski definition) is 3. The van der Waals surface area contributed by atoms with Crippen LogP contribution in [0.1, 0.15) is 5.56 Å². The predicted octanol–water partition coefficient (Wildman–Crippen LogP) is 3.81. The minimum Gasteiger partial charge on any atom is -0.508 e. The molecule has 0 aliphatic rings. The number of phenolic OH excluding ortho intramolecular Hbond substituents is 2. The number of nitrogens with one attached hydrogen (secondary N) is 2. The minimum absolute atomic E-state index is 0.125. The van der Waals surface area contributed by atoms with Crippen LogP contribution in [0.3, 0.4) is 0 Å². The van der Waals surface area contributed by atoms with Gasteiger partial charge in [0.1, 0.15) is 11.5 Å². The van der Waals surface area contributed by atoms with Crippen molar-refractivity contribution < 1.29 is 15.0 Å². The first kappa shape index (κ1) is 14.2. The summed E-state index contributed by atoms with van der Waals surface area (Å²) in [6.45, 7) is 1.88. The maximum absolute atomic E-state index is 11.8. The van der Waals surface area contributed by atoms with E-state index in [9.17, 15) is 15.0 Å². The van der Waals surface area contributed by atoms with Crippen LogP contribution in [0.2, 0.25) is 0 Å². The molecule has 6 heteroatoms. The highest BCUT2D eigenvalue weighted by Gasteiger charge is 2.07. The Morgan fingerprint density at radius 1 is 1.05 bits per heavy atom. The molecule has 0 aliphatic heterocycles. The molecule has 0 unspecified atom stereocenters. The van der Waals surface area contributed by atoms with E-state index in [0.29, 0.717) is 11.4 Å². The zero-order valence-corrected chi connectivity index (χ0v) is 12.2. The normalized spacial score (nSPS) is 10.1. The molecule has 20 heavy (non-hydrogen) atoms. The molecule has 2 rings (SSSR count). The highest BCUT2D eigenvalue weighted by atomic mass is 79.9. The molecule has 0 fully saturated rings. The predicted molar refractivity (Wildman–Crippen MR) is 81.3 cm³/mol. The molecule has 2 amide bonds. The molecule has 2 aromatic rings. The number of carbonyl (C=O) groups excluding carboxylic acids is 1. The lowest BCUT2D eigenvalue weighted by molar-refractivity contribution is 0.262. The van der Waals surface area contributed by atoms with Crippen LogP contribution >= 0.6 is 15.9 Å². The van der Waals surface area contributed by atoms with E-state index in [0.717, 1.165) is 10.0 Å². The van der Waals surface area contributed by atoms with E-state index in [1.165, 1.54) is 18.2 Å². The average molecular weight is 337 g/mol. The van der Waals surface area contributed by atoms with Crippen molar-refractivity contribution in [1.82, 2.24) is 0 Å². The van der Waals surface area contributed by atoms with E-state index < -0.39 is 6.03 Å². The smallest absolute Gasteiger partial charge is 0.323 e. The molecule has 0 aromatic heterocycles. The maximum Gasteiger partial charge on any atom is 0.323 e. The molecule has 0 spiro atoms. The van der Waals surface area contributed by atoms with Gasteiger partial charge in [0.25, 0.3) is 0 Å². The standard InChI is InChI=1S/C14H13BrN2O3/c1-8-4-9(15)2-3-13(8)17-14(20)16-10-5-11(18)7-12(19)6-10/h2-7,18-19H,1H3,(H2,16,17,20). The number of phenols is 2. The molecule has 104 valence electrons. The molecule has 0 heterocycles. The van der Waals surface area contributed by atoms with Crippen molar-refractivity contribution in [3.8, 4) is 11.5 Å². The summed E-state index contributed by atoms with van der Waals surface area (Å²) in [6, 6.07) is 8.89. The number of rotatable bonds is 2. The monoisotopic (exact) mass is 336 g/mol. The highest BCUT2D eigenvalue weighted by Crippen LogP contribution is 2.24. The van der Waals surface area contributed by atoms with Crippen LogP contribution in [0.4, 0.5) is 16.2 Å². The number of anilines is 2. The Hall–Kier alpha value is -2.21. The van der Waals surface area contributed by atoms with Crippen LogP contribution in [0.5, 0.6) is 11.5 Å². The van der Waals surface area contributed by atoms with Crippen molar-refractivity contribution >= 4 is 33.3 Å². The molecule has 0 radical (unpaired) electrons. The number of aryl methyl sites for hydroxylation is 1. The quantitative estimate of drug-likeness (QED) is 0.673. The molecule has 2 aromatic carbocycles. The van der Waals surface area contributed by atoms with Crippen LogP contribution < -0.4 is 10.6 Å². The summed E-state index contributed by atoms with van der Waals surface area (Å²) in [6.07, 6.45) is 0.